The van der Waals surface area contributed by atoms with Crippen LogP contribution in [0.1, 0.15) is 12.0 Å². The van der Waals surface area contributed by atoms with E-state index in [-0.39, 0.29) is 41.9 Å². The van der Waals surface area contributed by atoms with Crippen molar-refractivity contribution in [1.82, 2.24) is 4.90 Å². The van der Waals surface area contributed by atoms with Gasteiger partial charge in [-0.05, 0) is 53.9 Å². The van der Waals surface area contributed by atoms with Crippen molar-refractivity contribution >= 4 is 46.6 Å². The van der Waals surface area contributed by atoms with E-state index in [1.807, 2.05) is 30.3 Å². The van der Waals surface area contributed by atoms with Gasteiger partial charge in [0.25, 0.3) is 0 Å². The number of carbonyl (C=O) groups is 3. The van der Waals surface area contributed by atoms with Crippen LogP contribution in [0, 0.1) is 35.5 Å². The SMILES string of the molecule is O=C(Nc1ccc(Cl)c(Cl)c1)[C@H](Cc1ccccc1)N1C(=O)[C@@H]2[C@@H]3C=C[C@H]([C@H]4C[C@H]34)[C@@H]2C1=O. The first-order chi connectivity index (χ1) is 15.9. The summed E-state index contributed by atoms with van der Waals surface area (Å²) in [7, 11) is 0. The summed E-state index contributed by atoms with van der Waals surface area (Å²) in [5, 5.41) is 3.54. The molecule has 7 heteroatoms. The van der Waals surface area contributed by atoms with Crippen molar-refractivity contribution in [2.45, 2.75) is 18.9 Å². The Kier molecular flexibility index (Phi) is 4.89. The molecule has 1 aliphatic heterocycles. The Hall–Kier alpha value is -2.63. The van der Waals surface area contributed by atoms with E-state index >= 15 is 0 Å². The average molecular weight is 481 g/mol. The molecule has 3 fully saturated rings. The predicted octanol–water partition coefficient (Wildman–Crippen LogP) is 4.60. The van der Waals surface area contributed by atoms with E-state index in [4.69, 9.17) is 23.2 Å². The number of hydrogen-bond acceptors (Lipinski definition) is 3. The summed E-state index contributed by atoms with van der Waals surface area (Å²) < 4.78 is 0. The van der Waals surface area contributed by atoms with Crippen LogP contribution in [0.5, 0.6) is 0 Å². The third kappa shape index (κ3) is 3.32. The molecule has 33 heavy (non-hydrogen) atoms. The van der Waals surface area contributed by atoms with Crippen molar-refractivity contribution in [3.63, 3.8) is 0 Å². The molecule has 2 aromatic carbocycles. The van der Waals surface area contributed by atoms with Crippen LogP contribution in [0.2, 0.25) is 10.0 Å². The monoisotopic (exact) mass is 480 g/mol. The second-order valence-corrected chi connectivity index (χ2v) is 10.3. The number of allylic oxidation sites excluding steroid dienone is 2. The smallest absolute Gasteiger partial charge is 0.248 e. The number of anilines is 1. The van der Waals surface area contributed by atoms with Crippen LogP contribution in [-0.4, -0.2) is 28.7 Å². The van der Waals surface area contributed by atoms with Crippen molar-refractivity contribution in [1.29, 1.82) is 0 Å². The van der Waals surface area contributed by atoms with Gasteiger partial charge in [-0.3, -0.25) is 19.3 Å². The molecule has 5 aliphatic rings. The largest absolute Gasteiger partial charge is 0.324 e. The highest BCUT2D eigenvalue weighted by atomic mass is 35.5. The van der Waals surface area contributed by atoms with Gasteiger partial charge < -0.3 is 5.32 Å². The molecule has 1 heterocycles. The van der Waals surface area contributed by atoms with Gasteiger partial charge >= 0.3 is 0 Å². The molecule has 0 spiro atoms. The van der Waals surface area contributed by atoms with Crippen LogP contribution in [0.15, 0.2) is 60.7 Å². The van der Waals surface area contributed by atoms with Gasteiger partial charge in [-0.25, -0.2) is 0 Å². The number of benzene rings is 2. The second-order valence-electron chi connectivity index (χ2n) is 9.52. The van der Waals surface area contributed by atoms with Gasteiger partial charge in [0.15, 0.2) is 0 Å². The summed E-state index contributed by atoms with van der Waals surface area (Å²) in [4.78, 5) is 42.0. The molecule has 2 bridgehead atoms. The Morgan fingerprint density at radius 2 is 1.58 bits per heavy atom. The fourth-order valence-electron chi connectivity index (χ4n) is 6.23. The lowest BCUT2D eigenvalue weighted by Crippen LogP contribution is -2.49. The molecule has 168 valence electrons. The average Bonchev–Trinajstić information content (AvgIpc) is 3.59. The molecule has 2 saturated carbocycles. The van der Waals surface area contributed by atoms with Gasteiger partial charge in [-0.1, -0.05) is 65.7 Å². The maximum atomic E-state index is 13.6. The fraction of sp³-hybridized carbons (Fsp3) is 0.346. The second kappa shape index (κ2) is 7.71. The van der Waals surface area contributed by atoms with Crippen LogP contribution in [-0.2, 0) is 20.8 Å². The van der Waals surface area contributed by atoms with E-state index < -0.39 is 11.9 Å². The predicted molar refractivity (Wildman–Crippen MR) is 126 cm³/mol. The zero-order chi connectivity index (χ0) is 22.9. The van der Waals surface area contributed by atoms with Gasteiger partial charge in [0, 0.05) is 12.1 Å². The molecule has 5 nitrogen and oxygen atoms in total. The van der Waals surface area contributed by atoms with E-state index in [0.29, 0.717) is 27.6 Å². The van der Waals surface area contributed by atoms with Crippen molar-refractivity contribution < 1.29 is 14.4 Å². The first kappa shape index (κ1) is 20.9. The number of halogens is 2. The number of nitrogens with zero attached hydrogens (tertiary/aromatic N) is 1. The van der Waals surface area contributed by atoms with Crippen molar-refractivity contribution in [2.75, 3.05) is 5.32 Å². The quantitative estimate of drug-likeness (QED) is 0.502. The van der Waals surface area contributed by atoms with Gasteiger partial charge in [0.05, 0.1) is 21.9 Å². The molecule has 2 aromatic rings. The Balaban J connectivity index is 1.33. The van der Waals surface area contributed by atoms with Crippen LogP contribution in [0.3, 0.4) is 0 Å². The van der Waals surface area contributed by atoms with Gasteiger partial charge in [0.1, 0.15) is 6.04 Å². The van der Waals surface area contributed by atoms with E-state index in [1.54, 1.807) is 18.2 Å². The zero-order valence-electron chi connectivity index (χ0n) is 17.7. The summed E-state index contributed by atoms with van der Waals surface area (Å²) >= 11 is 12.1. The summed E-state index contributed by atoms with van der Waals surface area (Å²) in [6.45, 7) is 0. The lowest BCUT2D eigenvalue weighted by atomic mass is 9.63. The number of nitrogens with one attached hydrogen (secondary N) is 1. The summed E-state index contributed by atoms with van der Waals surface area (Å²) in [6.07, 6.45) is 5.62. The van der Waals surface area contributed by atoms with Crippen molar-refractivity contribution in [3.8, 4) is 0 Å². The number of hydrogen-bond donors (Lipinski definition) is 1. The number of amides is 3. The highest BCUT2D eigenvalue weighted by molar-refractivity contribution is 6.42. The van der Waals surface area contributed by atoms with Crippen LogP contribution in [0.25, 0.3) is 0 Å². The standard InChI is InChI=1S/C26H22Cl2N2O3/c27-19-9-6-14(11-20(19)28)29-24(31)21(10-13-4-2-1-3-5-13)30-25(32)22-15-7-8-16(18-12-17(15)18)23(22)26(30)33/h1-9,11,15-18,21-23H,10,12H2,(H,29,31)/t15-,16-,17-,18-,21+,22-,23+/m1/s1. The summed E-state index contributed by atoms with van der Waals surface area (Å²) in [5.74, 6) is -0.266. The molecule has 4 aliphatic carbocycles. The minimum absolute atomic E-state index is 0.113. The third-order valence-corrected chi connectivity index (χ3v) is 8.51. The summed E-state index contributed by atoms with van der Waals surface area (Å²) in [5.41, 5.74) is 1.35. The highest BCUT2D eigenvalue weighted by Crippen LogP contribution is 2.65. The van der Waals surface area contributed by atoms with E-state index in [0.717, 1.165) is 12.0 Å². The van der Waals surface area contributed by atoms with E-state index in [1.165, 1.54) is 4.90 Å². The normalized spacial score (nSPS) is 31.9. The van der Waals surface area contributed by atoms with Gasteiger partial charge in [-0.2, -0.15) is 0 Å². The number of rotatable bonds is 5. The minimum Gasteiger partial charge on any atom is -0.324 e. The topological polar surface area (TPSA) is 66.5 Å². The maximum Gasteiger partial charge on any atom is 0.248 e. The molecular weight excluding hydrogens is 459 g/mol. The van der Waals surface area contributed by atoms with Gasteiger partial charge in [-0.15, -0.1) is 0 Å². The lowest BCUT2D eigenvalue weighted by molar-refractivity contribution is -0.146. The van der Waals surface area contributed by atoms with Crippen molar-refractivity contribution in [3.05, 3.63) is 76.3 Å². The summed E-state index contributed by atoms with van der Waals surface area (Å²) in [6, 6.07) is 13.3. The first-order valence-corrected chi connectivity index (χ1v) is 12.0. The molecule has 0 radical (unpaired) electrons. The molecule has 7 rings (SSSR count). The molecule has 7 atom stereocenters. The van der Waals surface area contributed by atoms with Gasteiger partial charge in [0.2, 0.25) is 17.7 Å². The highest BCUT2D eigenvalue weighted by Gasteiger charge is 2.67. The molecule has 1 saturated heterocycles. The number of carbonyl (C=O) groups excluding carboxylic acids is 3. The molecule has 0 unspecified atom stereocenters. The molecule has 1 N–H and O–H groups in total. The molecule has 3 amide bonds. The number of imide groups is 1. The minimum atomic E-state index is -0.941. The fourth-order valence-corrected chi connectivity index (χ4v) is 6.52. The van der Waals surface area contributed by atoms with Crippen LogP contribution >= 0.6 is 23.2 Å². The van der Waals surface area contributed by atoms with Crippen LogP contribution in [0.4, 0.5) is 5.69 Å². The Bertz CT molecular complexity index is 1160. The number of likely N-dealkylation sites (tertiary alicyclic amines) is 1. The molecular formula is C26H22Cl2N2O3. The maximum absolute atomic E-state index is 13.6. The first-order valence-electron chi connectivity index (χ1n) is 11.3. The van der Waals surface area contributed by atoms with E-state index in [9.17, 15) is 14.4 Å². The molecule has 0 aromatic heterocycles. The zero-order valence-corrected chi connectivity index (χ0v) is 19.2. The third-order valence-electron chi connectivity index (χ3n) is 7.77. The van der Waals surface area contributed by atoms with E-state index in [2.05, 4.69) is 17.5 Å². The Morgan fingerprint density at radius 3 is 2.18 bits per heavy atom. The Labute approximate surface area is 201 Å². The van der Waals surface area contributed by atoms with Crippen molar-refractivity contribution in [2.24, 2.45) is 35.5 Å². The lowest BCUT2D eigenvalue weighted by Gasteiger charge is -2.37. The Morgan fingerprint density at radius 1 is 0.939 bits per heavy atom. The van der Waals surface area contributed by atoms with Crippen LogP contribution < -0.4 is 5.32 Å².